The molecule has 0 radical (unpaired) electrons. The molecular formula is C57H72F4N12O10. The van der Waals surface area contributed by atoms with Gasteiger partial charge >= 0.3 is 12.2 Å². The smallest absolute Gasteiger partial charge is 0.407 e. The molecular weight excluding hydrogens is 1090 g/mol. The topological polar surface area (TPSA) is 319 Å². The number of rotatable bonds is 25. The number of unbranched alkanes of at least 4 members (excludes halogenated alkanes) is 2. The van der Waals surface area contributed by atoms with Crippen LogP contribution in [0.5, 0.6) is 11.5 Å². The van der Waals surface area contributed by atoms with Crippen molar-refractivity contribution in [3.63, 3.8) is 0 Å². The van der Waals surface area contributed by atoms with Gasteiger partial charge in [0.25, 0.3) is 11.8 Å². The van der Waals surface area contributed by atoms with E-state index in [0.717, 1.165) is 30.3 Å². The molecule has 448 valence electrons. The molecule has 5 aromatic rings. The van der Waals surface area contributed by atoms with E-state index in [2.05, 4.69) is 53.9 Å². The van der Waals surface area contributed by atoms with Gasteiger partial charge in [0.2, 0.25) is 0 Å². The fourth-order valence-electron chi connectivity index (χ4n) is 6.86. The first kappa shape index (κ1) is 70.1. The second kappa shape index (κ2) is 35.6. The average molecular weight is 1160 g/mol. The molecule has 2 atom stereocenters. The van der Waals surface area contributed by atoms with Gasteiger partial charge in [-0.05, 0) is 140 Å². The molecule has 8 N–H and O–H groups in total. The largest absolute Gasteiger partial charge is 0.480 e. The van der Waals surface area contributed by atoms with E-state index in [9.17, 15) is 46.3 Å². The molecule has 0 spiro atoms. The number of para-hydroxylation sites is 2. The number of benzene rings is 4. The fourth-order valence-corrected chi connectivity index (χ4v) is 6.86. The van der Waals surface area contributed by atoms with E-state index in [4.69, 9.17) is 35.9 Å². The molecule has 0 aliphatic rings. The number of hydrogen-bond acceptors (Lipinski definition) is 15. The fraction of sp³-hybridized carbons (Fsp3) is 0.404. The van der Waals surface area contributed by atoms with Crippen LogP contribution in [0.25, 0.3) is 16.1 Å². The van der Waals surface area contributed by atoms with Crippen LogP contribution in [0, 0.1) is 35.6 Å². The van der Waals surface area contributed by atoms with Crippen molar-refractivity contribution in [1.82, 2.24) is 36.3 Å². The van der Waals surface area contributed by atoms with Crippen molar-refractivity contribution in [3.8, 4) is 29.5 Å². The molecule has 0 saturated carbocycles. The molecule has 4 amide bonds. The predicted molar refractivity (Wildman–Crippen MR) is 302 cm³/mol. The molecule has 1 aromatic heterocycles. The van der Waals surface area contributed by atoms with Gasteiger partial charge in [0.15, 0.2) is 46.3 Å². The van der Waals surface area contributed by atoms with Gasteiger partial charge in [-0.25, -0.2) is 31.8 Å². The molecule has 4 aromatic carbocycles. The lowest BCUT2D eigenvalue weighted by Crippen LogP contribution is -2.43. The van der Waals surface area contributed by atoms with Crippen LogP contribution >= 0.6 is 0 Å². The number of alkyl carbamates (subject to hydrolysis) is 2. The minimum atomic E-state index is -1.05. The predicted octanol–water partition coefficient (Wildman–Crippen LogP) is 9.01. The van der Waals surface area contributed by atoms with Crippen LogP contribution in [-0.4, -0.2) is 107 Å². The van der Waals surface area contributed by atoms with E-state index in [0.29, 0.717) is 43.6 Å². The Morgan fingerprint density at radius 2 is 1.11 bits per heavy atom. The summed E-state index contributed by atoms with van der Waals surface area (Å²) in [6, 6.07) is 16.6. The van der Waals surface area contributed by atoms with Crippen molar-refractivity contribution in [2.45, 2.75) is 117 Å². The third-order valence-corrected chi connectivity index (χ3v) is 10.6. The Kier molecular flexibility index (Phi) is 30.1. The molecule has 0 aliphatic carbocycles. The Morgan fingerprint density at radius 1 is 0.687 bits per heavy atom. The summed E-state index contributed by atoms with van der Waals surface area (Å²) < 4.78 is 77.7. The van der Waals surface area contributed by atoms with Crippen LogP contribution in [0.1, 0.15) is 114 Å². The van der Waals surface area contributed by atoms with Crippen LogP contribution in [0.15, 0.2) is 96.2 Å². The summed E-state index contributed by atoms with van der Waals surface area (Å²) in [6.07, 6.45) is 7.29. The standard InChI is InChI=1S/C28H34F2N6O5.C25H29F2N5O5.C3H5N.CH4/c1-28(2,3)41-27(39)32-13-5-4-12-23(24(37)17-40-25-21(29)10-7-11-22(25)30)33-26(38)18-8-6-9-20(14-18)36-16-19(15-31)34-35-36;1-25(2,3)37-24(35)29-13-5-4-12-20(21(33)15-36-22-18(26)10-7-11-19(22)27)30-23(34)16-8-6-9-17(14-16)31-32-28;1-2-3-4;/h6-11,14,16,23H,4-5,12-13,15,17,31H2,1-3H3,(H,32,39)(H,33,38);6-11,14,20H,4-5,12-13,15H2,1-3H3,(H,29,35)(H,30,34);1H,3-4H2;1H4/t23-;20-;;/m00../s1. The summed E-state index contributed by atoms with van der Waals surface area (Å²) in [5.74, 6) is -5.33. The summed E-state index contributed by atoms with van der Waals surface area (Å²) in [6.45, 7) is 10.2. The van der Waals surface area contributed by atoms with Gasteiger partial charge in [-0.2, -0.15) is 0 Å². The van der Waals surface area contributed by atoms with Crippen molar-refractivity contribution in [3.05, 3.63) is 142 Å². The minimum absolute atomic E-state index is 0. The first-order valence-corrected chi connectivity index (χ1v) is 25.6. The SMILES string of the molecule is C.C#CCN.CC(C)(C)OC(=O)NCCCC[C@H](NC(=O)c1cccc(-n2cc(CN)nn2)c1)C(=O)COc1c(F)cccc1F.CC(C)(C)OC(=O)NCCCC[C@H](NC(=O)c1cccc(N=[N+]=[N-])c1)C(=O)COc1c(F)cccc1F. The molecule has 1 heterocycles. The maximum Gasteiger partial charge on any atom is 0.407 e. The molecule has 26 heteroatoms. The highest BCUT2D eigenvalue weighted by molar-refractivity contribution is 5.99. The first-order chi connectivity index (χ1) is 38.9. The lowest BCUT2D eigenvalue weighted by Gasteiger charge is -2.20. The van der Waals surface area contributed by atoms with Gasteiger partial charge in [-0.1, -0.05) is 54.0 Å². The molecule has 0 aliphatic heterocycles. The summed E-state index contributed by atoms with van der Waals surface area (Å²) in [5, 5.41) is 21.9. The molecule has 0 saturated heterocycles. The number of aromatic nitrogens is 3. The van der Waals surface area contributed by atoms with Crippen LogP contribution in [-0.2, 0) is 25.6 Å². The third-order valence-electron chi connectivity index (χ3n) is 10.6. The van der Waals surface area contributed by atoms with Gasteiger partial charge in [-0.15, -0.1) is 11.5 Å². The van der Waals surface area contributed by atoms with Crippen molar-refractivity contribution in [2.75, 3.05) is 32.8 Å². The number of ether oxygens (including phenoxy) is 4. The highest BCUT2D eigenvalue weighted by atomic mass is 19.1. The van der Waals surface area contributed by atoms with Crippen molar-refractivity contribution in [1.29, 1.82) is 0 Å². The number of terminal acetylenes is 1. The number of halogens is 4. The number of amides is 4. The highest BCUT2D eigenvalue weighted by Gasteiger charge is 2.26. The van der Waals surface area contributed by atoms with Gasteiger partial charge in [-0.3, -0.25) is 19.2 Å². The van der Waals surface area contributed by atoms with Crippen molar-refractivity contribution in [2.24, 2.45) is 16.6 Å². The number of carbonyl (C=O) groups is 6. The highest BCUT2D eigenvalue weighted by Crippen LogP contribution is 2.23. The quantitative estimate of drug-likeness (QED) is 0.00793. The lowest BCUT2D eigenvalue weighted by molar-refractivity contribution is -0.123. The summed E-state index contributed by atoms with van der Waals surface area (Å²) in [4.78, 5) is 78.1. The Morgan fingerprint density at radius 3 is 1.51 bits per heavy atom. The molecule has 0 fully saturated rings. The number of Topliss-reactive ketones (excluding diaryl/α,β-unsaturated/α-hetero) is 2. The molecule has 0 unspecified atom stereocenters. The maximum atomic E-state index is 14.0. The zero-order chi connectivity index (χ0) is 60.8. The first-order valence-electron chi connectivity index (χ1n) is 25.6. The third kappa shape index (κ3) is 26.4. The zero-order valence-electron chi connectivity index (χ0n) is 46.3. The lowest BCUT2D eigenvalue weighted by atomic mass is 10.0. The van der Waals surface area contributed by atoms with Gasteiger partial charge in [0, 0.05) is 41.4 Å². The van der Waals surface area contributed by atoms with E-state index >= 15 is 0 Å². The summed E-state index contributed by atoms with van der Waals surface area (Å²) in [5.41, 5.74) is 19.4. The number of nitrogens with two attached hydrogens (primary N) is 2. The van der Waals surface area contributed by atoms with Crippen LogP contribution in [0.4, 0.5) is 32.8 Å². The van der Waals surface area contributed by atoms with Crippen molar-refractivity contribution >= 4 is 41.3 Å². The van der Waals surface area contributed by atoms with Crippen LogP contribution in [0.2, 0.25) is 0 Å². The van der Waals surface area contributed by atoms with Gasteiger partial charge < -0.3 is 51.7 Å². The number of hydrogen-bond donors (Lipinski definition) is 6. The Bertz CT molecular complexity index is 2990. The molecule has 5 rings (SSSR count). The Hall–Kier alpha value is -9.05. The normalized spacial score (nSPS) is 11.3. The number of ketones is 2. The number of carbonyl (C=O) groups excluding carboxylic acids is 6. The van der Waals surface area contributed by atoms with Crippen molar-refractivity contribution < 1.29 is 65.3 Å². The Balaban J connectivity index is 0.000000529. The number of azide groups is 1. The Labute approximate surface area is 479 Å². The van der Waals surface area contributed by atoms with Crippen LogP contribution in [0.3, 0.4) is 0 Å². The molecule has 0 bridgehead atoms. The van der Waals surface area contributed by atoms with E-state index in [-0.39, 0.29) is 56.7 Å². The van der Waals surface area contributed by atoms with E-state index in [1.807, 2.05) is 0 Å². The number of nitrogens with zero attached hydrogens (tertiary/aromatic N) is 6. The van der Waals surface area contributed by atoms with Gasteiger partial charge in [0.1, 0.15) is 24.4 Å². The summed E-state index contributed by atoms with van der Waals surface area (Å²) >= 11 is 0. The molecule has 22 nitrogen and oxygen atoms in total. The number of nitrogens with one attached hydrogen (secondary N) is 4. The minimum Gasteiger partial charge on any atom is -0.480 e. The van der Waals surface area contributed by atoms with E-state index < -0.39 is 107 Å². The molecule has 83 heavy (non-hydrogen) atoms. The van der Waals surface area contributed by atoms with Gasteiger partial charge in [0.05, 0.1) is 36.2 Å². The summed E-state index contributed by atoms with van der Waals surface area (Å²) in [7, 11) is 0. The second-order valence-electron chi connectivity index (χ2n) is 19.6. The second-order valence-corrected chi connectivity index (χ2v) is 19.6. The van der Waals surface area contributed by atoms with E-state index in [1.54, 1.807) is 72.0 Å². The van der Waals surface area contributed by atoms with E-state index in [1.165, 1.54) is 35.0 Å². The zero-order valence-corrected chi connectivity index (χ0v) is 46.3. The maximum absolute atomic E-state index is 14.0. The average Bonchev–Trinajstić information content (AvgIpc) is 4.12. The monoisotopic (exact) mass is 1160 g/mol. The van der Waals surface area contributed by atoms with Crippen LogP contribution < -0.4 is 42.2 Å².